The number of aromatic nitrogens is 2. The Bertz CT molecular complexity index is 890. The molecule has 1 N–H and O–H groups in total. The standard InChI is InChI=1S/C22H25N3O3/c1-27-20-11-8-17(15-21(20)28-2)5-3-12-23-22(26)19-9-6-18(7-10-19)16-25-14-4-13-24-25/h4,6-11,13-15H,3,5,12,16H2,1-2H3,(H,23,26). The van der Waals surface area contributed by atoms with Gasteiger partial charge in [0, 0.05) is 24.5 Å². The van der Waals surface area contributed by atoms with Crippen molar-refractivity contribution in [3.05, 3.63) is 77.6 Å². The topological polar surface area (TPSA) is 65.4 Å². The van der Waals surface area contributed by atoms with Gasteiger partial charge >= 0.3 is 0 Å². The van der Waals surface area contributed by atoms with Crippen LogP contribution < -0.4 is 14.8 Å². The first-order valence-electron chi connectivity index (χ1n) is 9.25. The Morgan fingerprint density at radius 2 is 1.79 bits per heavy atom. The summed E-state index contributed by atoms with van der Waals surface area (Å²) in [6, 6.07) is 15.4. The van der Waals surface area contributed by atoms with Crippen LogP contribution in [0.5, 0.6) is 11.5 Å². The number of amides is 1. The molecule has 0 aliphatic heterocycles. The molecule has 0 atom stereocenters. The highest BCUT2D eigenvalue weighted by Gasteiger charge is 2.07. The van der Waals surface area contributed by atoms with Crippen molar-refractivity contribution in [2.45, 2.75) is 19.4 Å². The third-order valence-corrected chi connectivity index (χ3v) is 4.50. The SMILES string of the molecule is COc1ccc(CCCNC(=O)c2ccc(Cn3cccn3)cc2)cc1OC. The van der Waals surface area contributed by atoms with Crippen LogP contribution in [-0.2, 0) is 13.0 Å². The number of benzene rings is 2. The average molecular weight is 379 g/mol. The minimum atomic E-state index is -0.0575. The number of nitrogens with one attached hydrogen (secondary N) is 1. The third kappa shape index (κ3) is 5.13. The molecule has 1 aromatic heterocycles. The second-order valence-corrected chi connectivity index (χ2v) is 6.45. The summed E-state index contributed by atoms with van der Waals surface area (Å²) in [6.45, 7) is 1.31. The van der Waals surface area contributed by atoms with Crippen LogP contribution in [0.15, 0.2) is 60.9 Å². The Hall–Kier alpha value is -3.28. The number of aryl methyl sites for hydroxylation is 1. The van der Waals surface area contributed by atoms with Gasteiger partial charge < -0.3 is 14.8 Å². The van der Waals surface area contributed by atoms with Gasteiger partial charge in [-0.25, -0.2) is 0 Å². The first kappa shape index (κ1) is 19.5. The fraction of sp³-hybridized carbons (Fsp3) is 0.273. The molecule has 2 aromatic carbocycles. The molecule has 3 aromatic rings. The quantitative estimate of drug-likeness (QED) is 0.579. The lowest BCUT2D eigenvalue weighted by atomic mass is 10.1. The van der Waals surface area contributed by atoms with Gasteiger partial charge in [-0.15, -0.1) is 0 Å². The Morgan fingerprint density at radius 1 is 1.04 bits per heavy atom. The van der Waals surface area contributed by atoms with E-state index >= 15 is 0 Å². The molecule has 0 saturated heterocycles. The maximum Gasteiger partial charge on any atom is 0.251 e. The van der Waals surface area contributed by atoms with Gasteiger partial charge in [-0.2, -0.15) is 5.10 Å². The predicted molar refractivity (Wildman–Crippen MR) is 108 cm³/mol. The van der Waals surface area contributed by atoms with E-state index in [-0.39, 0.29) is 5.91 Å². The zero-order chi connectivity index (χ0) is 19.8. The van der Waals surface area contributed by atoms with Gasteiger partial charge in [0.2, 0.25) is 0 Å². The molecule has 6 heteroatoms. The van der Waals surface area contributed by atoms with Gasteiger partial charge in [-0.1, -0.05) is 18.2 Å². The largest absolute Gasteiger partial charge is 0.493 e. The van der Waals surface area contributed by atoms with Gasteiger partial charge in [-0.05, 0) is 54.3 Å². The maximum atomic E-state index is 12.3. The molecular weight excluding hydrogens is 354 g/mol. The van der Waals surface area contributed by atoms with Gasteiger partial charge in [0.25, 0.3) is 5.91 Å². The molecule has 0 unspecified atom stereocenters. The molecule has 0 aliphatic carbocycles. The highest BCUT2D eigenvalue weighted by molar-refractivity contribution is 5.94. The molecule has 0 radical (unpaired) electrons. The number of methoxy groups -OCH3 is 2. The number of carbonyl (C=O) groups excluding carboxylic acids is 1. The zero-order valence-corrected chi connectivity index (χ0v) is 16.2. The van der Waals surface area contributed by atoms with E-state index in [0.717, 1.165) is 35.5 Å². The van der Waals surface area contributed by atoms with Crippen molar-refractivity contribution in [1.29, 1.82) is 0 Å². The summed E-state index contributed by atoms with van der Waals surface area (Å²) in [5, 5.41) is 7.16. The van der Waals surface area contributed by atoms with Gasteiger partial charge in [0.15, 0.2) is 11.5 Å². The first-order valence-corrected chi connectivity index (χ1v) is 9.25. The van der Waals surface area contributed by atoms with Crippen LogP contribution in [0.1, 0.15) is 27.9 Å². The summed E-state index contributed by atoms with van der Waals surface area (Å²) in [5.74, 6) is 1.38. The van der Waals surface area contributed by atoms with Crippen LogP contribution in [0.25, 0.3) is 0 Å². The van der Waals surface area contributed by atoms with Crippen LogP contribution in [-0.4, -0.2) is 36.5 Å². The van der Waals surface area contributed by atoms with E-state index in [0.29, 0.717) is 18.7 Å². The van der Waals surface area contributed by atoms with Crippen LogP contribution in [0, 0.1) is 0 Å². The number of carbonyl (C=O) groups is 1. The predicted octanol–water partition coefficient (Wildman–Crippen LogP) is 3.31. The lowest BCUT2D eigenvalue weighted by Gasteiger charge is -2.10. The number of hydrogen-bond donors (Lipinski definition) is 1. The molecule has 3 rings (SSSR count). The zero-order valence-electron chi connectivity index (χ0n) is 16.2. The van der Waals surface area contributed by atoms with E-state index < -0.39 is 0 Å². The van der Waals surface area contributed by atoms with Gasteiger partial charge in [0.1, 0.15) is 0 Å². The van der Waals surface area contributed by atoms with Crippen LogP contribution in [0.3, 0.4) is 0 Å². The minimum Gasteiger partial charge on any atom is -0.493 e. The van der Waals surface area contributed by atoms with Crippen LogP contribution in [0.2, 0.25) is 0 Å². The monoisotopic (exact) mass is 379 g/mol. The molecule has 1 heterocycles. The summed E-state index contributed by atoms with van der Waals surface area (Å²) in [6.07, 6.45) is 5.37. The Labute approximate surface area is 165 Å². The number of nitrogens with zero attached hydrogens (tertiary/aromatic N) is 2. The van der Waals surface area contributed by atoms with Crippen LogP contribution >= 0.6 is 0 Å². The minimum absolute atomic E-state index is 0.0575. The molecule has 28 heavy (non-hydrogen) atoms. The van der Waals surface area contributed by atoms with E-state index in [2.05, 4.69) is 10.4 Å². The Balaban J connectivity index is 1.45. The molecule has 0 aliphatic rings. The van der Waals surface area contributed by atoms with Crippen LogP contribution in [0.4, 0.5) is 0 Å². The van der Waals surface area contributed by atoms with E-state index in [9.17, 15) is 4.79 Å². The number of hydrogen-bond acceptors (Lipinski definition) is 4. The lowest BCUT2D eigenvalue weighted by molar-refractivity contribution is 0.0953. The van der Waals surface area contributed by atoms with Crippen molar-refractivity contribution in [2.75, 3.05) is 20.8 Å². The third-order valence-electron chi connectivity index (χ3n) is 4.50. The summed E-state index contributed by atoms with van der Waals surface area (Å²) >= 11 is 0. The van der Waals surface area contributed by atoms with Crippen molar-refractivity contribution < 1.29 is 14.3 Å². The number of rotatable bonds is 9. The van der Waals surface area contributed by atoms with Crippen molar-refractivity contribution in [2.24, 2.45) is 0 Å². The van der Waals surface area contributed by atoms with E-state index in [1.165, 1.54) is 0 Å². The van der Waals surface area contributed by atoms with Crippen molar-refractivity contribution in [3.63, 3.8) is 0 Å². The van der Waals surface area contributed by atoms with Crippen molar-refractivity contribution >= 4 is 5.91 Å². The molecule has 0 saturated carbocycles. The average Bonchev–Trinajstić information content (AvgIpc) is 3.24. The van der Waals surface area contributed by atoms with E-state index in [1.54, 1.807) is 20.4 Å². The second kappa shape index (κ2) is 9.60. The molecular formula is C22H25N3O3. The van der Waals surface area contributed by atoms with E-state index in [1.807, 2.05) is 59.4 Å². The summed E-state index contributed by atoms with van der Waals surface area (Å²) in [5.41, 5.74) is 2.92. The normalized spacial score (nSPS) is 10.5. The van der Waals surface area contributed by atoms with E-state index in [4.69, 9.17) is 9.47 Å². The fourth-order valence-corrected chi connectivity index (χ4v) is 2.98. The molecule has 1 amide bonds. The first-order chi connectivity index (χ1) is 13.7. The Kier molecular flexibility index (Phi) is 6.68. The molecule has 0 bridgehead atoms. The smallest absolute Gasteiger partial charge is 0.251 e. The summed E-state index contributed by atoms with van der Waals surface area (Å²) in [4.78, 5) is 12.3. The molecule has 146 valence electrons. The second-order valence-electron chi connectivity index (χ2n) is 6.45. The van der Waals surface area contributed by atoms with Crippen molar-refractivity contribution in [1.82, 2.24) is 15.1 Å². The van der Waals surface area contributed by atoms with Gasteiger partial charge in [0.05, 0.1) is 20.8 Å². The van der Waals surface area contributed by atoms with Crippen molar-refractivity contribution in [3.8, 4) is 11.5 Å². The molecule has 0 fully saturated rings. The highest BCUT2D eigenvalue weighted by atomic mass is 16.5. The highest BCUT2D eigenvalue weighted by Crippen LogP contribution is 2.27. The van der Waals surface area contributed by atoms with Gasteiger partial charge in [-0.3, -0.25) is 9.48 Å². The Morgan fingerprint density at radius 3 is 2.46 bits per heavy atom. The fourth-order valence-electron chi connectivity index (χ4n) is 2.98. The number of ether oxygens (including phenoxy) is 2. The maximum absolute atomic E-state index is 12.3. The molecule has 6 nitrogen and oxygen atoms in total. The molecule has 0 spiro atoms. The summed E-state index contributed by atoms with van der Waals surface area (Å²) in [7, 11) is 3.25. The summed E-state index contributed by atoms with van der Waals surface area (Å²) < 4.78 is 12.4. The lowest BCUT2D eigenvalue weighted by Crippen LogP contribution is -2.24.